The molecule has 2 rings (SSSR count). The molecular formula is C16H17FN2O2. The summed E-state index contributed by atoms with van der Waals surface area (Å²) in [4.78, 5) is 10.6. The topological polar surface area (TPSA) is 55.2 Å². The number of anilines is 1. The van der Waals surface area contributed by atoms with Crippen molar-refractivity contribution in [2.45, 2.75) is 26.8 Å². The third kappa shape index (κ3) is 3.18. The third-order valence-corrected chi connectivity index (χ3v) is 3.57. The Balaban J connectivity index is 2.28. The van der Waals surface area contributed by atoms with E-state index in [4.69, 9.17) is 0 Å². The largest absolute Gasteiger partial charge is 0.378 e. The first kappa shape index (κ1) is 15.0. The average Bonchev–Trinajstić information content (AvgIpc) is 2.44. The summed E-state index contributed by atoms with van der Waals surface area (Å²) in [5.74, 6) is -0.276. The summed E-state index contributed by atoms with van der Waals surface area (Å²) in [5, 5.41) is 14.2. The number of benzene rings is 2. The second kappa shape index (κ2) is 5.91. The highest BCUT2D eigenvalue weighted by molar-refractivity contribution is 5.53. The first-order valence-electron chi connectivity index (χ1n) is 6.66. The molecule has 0 saturated carbocycles. The standard InChI is InChI=1S/C16H17FN2O2/c1-10-7-8-13(9-16(10)19(20)21)12(3)18-15-6-4-5-14(17)11(15)2/h4-9,12,18H,1-3H3. The fourth-order valence-corrected chi connectivity index (χ4v) is 2.17. The molecule has 110 valence electrons. The number of aryl methyl sites for hydroxylation is 1. The SMILES string of the molecule is Cc1ccc(C(C)Nc2cccc(F)c2C)cc1[N+](=O)[O-]. The van der Waals surface area contributed by atoms with Crippen molar-refractivity contribution in [1.82, 2.24) is 0 Å². The molecule has 1 atom stereocenters. The molecule has 0 heterocycles. The van der Waals surface area contributed by atoms with Gasteiger partial charge in [0.25, 0.3) is 5.69 Å². The van der Waals surface area contributed by atoms with E-state index in [2.05, 4.69) is 5.32 Å². The second-order valence-electron chi connectivity index (χ2n) is 5.08. The smallest absolute Gasteiger partial charge is 0.272 e. The van der Waals surface area contributed by atoms with E-state index >= 15 is 0 Å². The average molecular weight is 288 g/mol. The molecule has 0 saturated heterocycles. The van der Waals surface area contributed by atoms with Gasteiger partial charge in [0.05, 0.1) is 4.92 Å². The van der Waals surface area contributed by atoms with E-state index in [1.807, 2.05) is 13.0 Å². The number of nitro groups is 1. The maximum Gasteiger partial charge on any atom is 0.272 e. The summed E-state index contributed by atoms with van der Waals surface area (Å²) >= 11 is 0. The Bertz CT molecular complexity index is 686. The van der Waals surface area contributed by atoms with Gasteiger partial charge in [-0.2, -0.15) is 0 Å². The molecule has 0 aliphatic rings. The number of nitrogens with zero attached hydrogens (tertiary/aromatic N) is 1. The fraction of sp³-hybridized carbons (Fsp3) is 0.250. The highest BCUT2D eigenvalue weighted by Crippen LogP contribution is 2.27. The van der Waals surface area contributed by atoms with E-state index in [0.717, 1.165) is 5.56 Å². The predicted octanol–water partition coefficient (Wildman–Crippen LogP) is 4.52. The molecule has 1 unspecified atom stereocenters. The van der Waals surface area contributed by atoms with Gasteiger partial charge < -0.3 is 5.32 Å². The van der Waals surface area contributed by atoms with Crippen molar-refractivity contribution < 1.29 is 9.31 Å². The van der Waals surface area contributed by atoms with Gasteiger partial charge in [-0.3, -0.25) is 10.1 Å². The molecule has 0 aliphatic heterocycles. The number of halogens is 1. The molecule has 0 amide bonds. The molecule has 0 fully saturated rings. The van der Waals surface area contributed by atoms with Gasteiger partial charge in [-0.1, -0.05) is 18.2 Å². The van der Waals surface area contributed by atoms with Gasteiger partial charge in [-0.05, 0) is 38.5 Å². The lowest BCUT2D eigenvalue weighted by atomic mass is 10.0. The van der Waals surface area contributed by atoms with Gasteiger partial charge in [0.2, 0.25) is 0 Å². The van der Waals surface area contributed by atoms with Crippen molar-refractivity contribution in [1.29, 1.82) is 0 Å². The zero-order valence-corrected chi connectivity index (χ0v) is 12.2. The number of hydrogen-bond acceptors (Lipinski definition) is 3. The van der Waals surface area contributed by atoms with Crippen LogP contribution >= 0.6 is 0 Å². The van der Waals surface area contributed by atoms with Crippen molar-refractivity contribution in [3.63, 3.8) is 0 Å². The lowest BCUT2D eigenvalue weighted by Gasteiger charge is -2.18. The van der Waals surface area contributed by atoms with Crippen molar-refractivity contribution in [2.24, 2.45) is 0 Å². The first-order chi connectivity index (χ1) is 9.90. The summed E-state index contributed by atoms with van der Waals surface area (Å²) in [6, 6.07) is 9.79. The van der Waals surface area contributed by atoms with E-state index in [1.165, 1.54) is 6.07 Å². The maximum atomic E-state index is 13.5. The van der Waals surface area contributed by atoms with Crippen LogP contribution in [0.2, 0.25) is 0 Å². The minimum absolute atomic E-state index is 0.0946. The molecule has 5 heteroatoms. The lowest BCUT2D eigenvalue weighted by molar-refractivity contribution is -0.385. The molecule has 0 aliphatic carbocycles. The van der Waals surface area contributed by atoms with Crippen LogP contribution in [0.15, 0.2) is 36.4 Å². The molecule has 4 nitrogen and oxygen atoms in total. The van der Waals surface area contributed by atoms with Crippen LogP contribution in [0.5, 0.6) is 0 Å². The summed E-state index contributed by atoms with van der Waals surface area (Å²) in [5.41, 5.74) is 2.72. The van der Waals surface area contributed by atoms with Gasteiger partial charge in [0.15, 0.2) is 0 Å². The molecule has 0 aromatic heterocycles. The van der Waals surface area contributed by atoms with Gasteiger partial charge in [-0.25, -0.2) is 4.39 Å². The summed E-state index contributed by atoms with van der Waals surface area (Å²) in [6.45, 7) is 5.29. The summed E-state index contributed by atoms with van der Waals surface area (Å²) < 4.78 is 13.5. The number of hydrogen-bond donors (Lipinski definition) is 1. The third-order valence-electron chi connectivity index (χ3n) is 3.57. The number of nitrogens with one attached hydrogen (secondary N) is 1. The van der Waals surface area contributed by atoms with Crippen molar-refractivity contribution in [2.75, 3.05) is 5.32 Å². The Kier molecular flexibility index (Phi) is 4.21. The fourth-order valence-electron chi connectivity index (χ4n) is 2.17. The van der Waals surface area contributed by atoms with E-state index in [-0.39, 0.29) is 22.5 Å². The zero-order chi connectivity index (χ0) is 15.6. The summed E-state index contributed by atoms with van der Waals surface area (Å²) in [6.07, 6.45) is 0. The van der Waals surface area contributed by atoms with Crippen LogP contribution in [-0.4, -0.2) is 4.92 Å². The minimum atomic E-state index is -0.390. The van der Waals surface area contributed by atoms with Crippen LogP contribution in [0, 0.1) is 29.8 Å². The van der Waals surface area contributed by atoms with Crippen molar-refractivity contribution in [3.8, 4) is 0 Å². The zero-order valence-electron chi connectivity index (χ0n) is 12.2. The van der Waals surface area contributed by atoms with Crippen LogP contribution in [0.3, 0.4) is 0 Å². The molecule has 21 heavy (non-hydrogen) atoms. The van der Waals surface area contributed by atoms with Crippen LogP contribution in [0.1, 0.15) is 29.7 Å². The number of nitro benzene ring substituents is 1. The highest BCUT2D eigenvalue weighted by atomic mass is 19.1. The molecule has 0 spiro atoms. The van der Waals surface area contributed by atoms with E-state index in [1.54, 1.807) is 38.1 Å². The van der Waals surface area contributed by atoms with Gasteiger partial charge in [0.1, 0.15) is 5.82 Å². The van der Waals surface area contributed by atoms with Crippen LogP contribution < -0.4 is 5.32 Å². The molecule has 2 aromatic carbocycles. The Morgan fingerprint density at radius 2 is 1.95 bits per heavy atom. The normalized spacial score (nSPS) is 12.0. The monoisotopic (exact) mass is 288 g/mol. The van der Waals surface area contributed by atoms with Crippen molar-refractivity contribution >= 4 is 11.4 Å². The van der Waals surface area contributed by atoms with Crippen molar-refractivity contribution in [3.05, 3.63) is 69.0 Å². The number of rotatable bonds is 4. The quantitative estimate of drug-likeness (QED) is 0.664. The molecule has 1 N–H and O–H groups in total. The Labute approximate surface area is 122 Å². The summed E-state index contributed by atoms with van der Waals surface area (Å²) in [7, 11) is 0. The minimum Gasteiger partial charge on any atom is -0.378 e. The second-order valence-corrected chi connectivity index (χ2v) is 5.08. The molecular weight excluding hydrogens is 271 g/mol. The van der Waals surface area contributed by atoms with E-state index in [9.17, 15) is 14.5 Å². The van der Waals surface area contributed by atoms with Crippen LogP contribution in [0.4, 0.5) is 15.8 Å². The van der Waals surface area contributed by atoms with E-state index in [0.29, 0.717) is 16.8 Å². The van der Waals surface area contributed by atoms with Gasteiger partial charge in [-0.15, -0.1) is 0 Å². The lowest BCUT2D eigenvalue weighted by Crippen LogP contribution is -2.09. The van der Waals surface area contributed by atoms with Crippen LogP contribution in [-0.2, 0) is 0 Å². The molecule has 2 aromatic rings. The maximum absolute atomic E-state index is 13.5. The Morgan fingerprint density at radius 1 is 1.24 bits per heavy atom. The first-order valence-corrected chi connectivity index (χ1v) is 6.66. The highest BCUT2D eigenvalue weighted by Gasteiger charge is 2.15. The molecule has 0 radical (unpaired) electrons. The van der Waals surface area contributed by atoms with Crippen LogP contribution in [0.25, 0.3) is 0 Å². The van der Waals surface area contributed by atoms with Gasteiger partial charge >= 0.3 is 0 Å². The molecule has 0 bridgehead atoms. The predicted molar refractivity (Wildman–Crippen MR) is 81.0 cm³/mol. The Morgan fingerprint density at radius 3 is 2.62 bits per heavy atom. The van der Waals surface area contributed by atoms with E-state index < -0.39 is 0 Å². The van der Waals surface area contributed by atoms with Gasteiger partial charge in [0, 0.05) is 28.9 Å². The Hall–Kier alpha value is -2.43.